The van der Waals surface area contributed by atoms with Crippen molar-refractivity contribution >= 4 is 23.2 Å². The zero-order valence-corrected chi connectivity index (χ0v) is 12.0. The molecule has 2 N–H and O–H groups in total. The summed E-state index contributed by atoms with van der Waals surface area (Å²) < 4.78 is 0. The van der Waals surface area contributed by atoms with Crippen molar-refractivity contribution in [3.05, 3.63) is 16.1 Å². The topological polar surface area (TPSA) is 71.1 Å². The highest BCUT2D eigenvalue weighted by molar-refractivity contribution is 7.09. The number of aromatic nitrogens is 1. The molecular formula is C13H19N3O2S. The molecular weight excluding hydrogens is 262 g/mol. The van der Waals surface area contributed by atoms with Gasteiger partial charge in [0.15, 0.2) is 0 Å². The summed E-state index contributed by atoms with van der Waals surface area (Å²) in [5.41, 5.74) is 0.855. The smallest absolute Gasteiger partial charge is 0.242 e. The summed E-state index contributed by atoms with van der Waals surface area (Å²) in [6.07, 6.45) is 3.00. The van der Waals surface area contributed by atoms with Gasteiger partial charge < -0.3 is 10.6 Å². The molecule has 104 valence electrons. The van der Waals surface area contributed by atoms with Crippen LogP contribution in [0.1, 0.15) is 36.9 Å². The Bertz CT molecular complexity index is 468. The number of aryl methyl sites for hydroxylation is 1. The van der Waals surface area contributed by atoms with E-state index in [0.717, 1.165) is 30.0 Å². The van der Waals surface area contributed by atoms with Crippen molar-refractivity contribution < 1.29 is 9.59 Å². The standard InChI is InChI=1S/C13H19N3O2S/c1-8(15-13(18)10-4-3-5-10)12(17)14-6-11-7-19-9(2)16-11/h7-8,10H,3-6H2,1-2H3,(H,14,17)(H,15,18). The number of amides is 2. The predicted octanol–water partition coefficient (Wildman–Crippen LogP) is 1.37. The van der Waals surface area contributed by atoms with E-state index in [1.807, 2.05) is 12.3 Å². The zero-order valence-electron chi connectivity index (χ0n) is 11.2. The minimum Gasteiger partial charge on any atom is -0.349 e. The summed E-state index contributed by atoms with van der Waals surface area (Å²) in [6, 6.07) is -0.493. The maximum atomic E-state index is 11.8. The second-order valence-electron chi connectivity index (χ2n) is 4.93. The molecule has 2 amide bonds. The van der Waals surface area contributed by atoms with Crippen molar-refractivity contribution in [1.29, 1.82) is 0 Å². The van der Waals surface area contributed by atoms with Gasteiger partial charge in [0.1, 0.15) is 6.04 Å². The van der Waals surface area contributed by atoms with Crippen molar-refractivity contribution in [2.24, 2.45) is 5.92 Å². The van der Waals surface area contributed by atoms with E-state index < -0.39 is 6.04 Å². The highest BCUT2D eigenvalue weighted by Crippen LogP contribution is 2.26. The van der Waals surface area contributed by atoms with Crippen LogP contribution in [0, 0.1) is 12.8 Å². The van der Waals surface area contributed by atoms with E-state index >= 15 is 0 Å². The second kappa shape index (κ2) is 6.14. The minimum atomic E-state index is -0.493. The molecule has 5 nitrogen and oxygen atoms in total. The first-order valence-electron chi connectivity index (χ1n) is 6.55. The third-order valence-corrected chi connectivity index (χ3v) is 4.16. The lowest BCUT2D eigenvalue weighted by atomic mass is 9.84. The number of nitrogens with one attached hydrogen (secondary N) is 2. The van der Waals surface area contributed by atoms with Crippen LogP contribution in [0.3, 0.4) is 0 Å². The van der Waals surface area contributed by atoms with E-state index in [4.69, 9.17) is 0 Å². The lowest BCUT2D eigenvalue weighted by Gasteiger charge is -2.25. The fourth-order valence-electron chi connectivity index (χ4n) is 1.89. The second-order valence-corrected chi connectivity index (χ2v) is 6.00. The van der Waals surface area contributed by atoms with E-state index in [0.29, 0.717) is 6.54 Å². The van der Waals surface area contributed by atoms with Gasteiger partial charge in [0.05, 0.1) is 17.2 Å². The number of carbonyl (C=O) groups is 2. The summed E-state index contributed by atoms with van der Waals surface area (Å²) in [4.78, 5) is 27.8. The molecule has 1 fully saturated rings. The van der Waals surface area contributed by atoms with E-state index in [2.05, 4.69) is 15.6 Å². The van der Waals surface area contributed by atoms with Gasteiger partial charge in [-0.25, -0.2) is 4.98 Å². The summed E-state index contributed by atoms with van der Waals surface area (Å²) in [7, 11) is 0. The van der Waals surface area contributed by atoms with Crippen LogP contribution >= 0.6 is 11.3 Å². The van der Waals surface area contributed by atoms with Crippen LogP contribution in [0.2, 0.25) is 0 Å². The van der Waals surface area contributed by atoms with Crippen LogP contribution in [0.5, 0.6) is 0 Å². The molecule has 0 saturated heterocycles. The van der Waals surface area contributed by atoms with Crippen LogP contribution in [0.15, 0.2) is 5.38 Å². The molecule has 1 aromatic rings. The number of hydrogen-bond donors (Lipinski definition) is 2. The molecule has 1 unspecified atom stereocenters. The summed E-state index contributed by atoms with van der Waals surface area (Å²) in [5.74, 6) is -0.0619. The van der Waals surface area contributed by atoms with Crippen molar-refractivity contribution in [2.45, 2.75) is 45.7 Å². The van der Waals surface area contributed by atoms with Gasteiger partial charge in [-0.15, -0.1) is 11.3 Å². The molecule has 0 aliphatic heterocycles. The normalized spacial score (nSPS) is 16.5. The molecule has 0 spiro atoms. The minimum absolute atomic E-state index is 0.00148. The quantitative estimate of drug-likeness (QED) is 0.856. The van der Waals surface area contributed by atoms with Gasteiger partial charge in [0, 0.05) is 11.3 Å². The molecule has 6 heteroatoms. The van der Waals surface area contributed by atoms with Crippen LogP contribution < -0.4 is 10.6 Å². The molecule has 1 saturated carbocycles. The van der Waals surface area contributed by atoms with Crippen LogP contribution in [0.4, 0.5) is 0 Å². The summed E-state index contributed by atoms with van der Waals surface area (Å²) in [6.45, 7) is 4.04. The van der Waals surface area contributed by atoms with E-state index in [9.17, 15) is 9.59 Å². The molecule has 1 heterocycles. The Kier molecular flexibility index (Phi) is 4.52. The first kappa shape index (κ1) is 14.0. The fourth-order valence-corrected chi connectivity index (χ4v) is 2.50. The Hall–Kier alpha value is -1.43. The lowest BCUT2D eigenvalue weighted by Crippen LogP contribution is -2.47. The third-order valence-electron chi connectivity index (χ3n) is 3.34. The number of rotatable bonds is 5. The lowest BCUT2D eigenvalue weighted by molar-refractivity contribution is -0.132. The van der Waals surface area contributed by atoms with Gasteiger partial charge in [-0.2, -0.15) is 0 Å². The Morgan fingerprint density at radius 2 is 2.26 bits per heavy atom. The van der Waals surface area contributed by atoms with E-state index in [-0.39, 0.29) is 17.7 Å². The van der Waals surface area contributed by atoms with Gasteiger partial charge in [-0.1, -0.05) is 6.42 Å². The van der Waals surface area contributed by atoms with E-state index in [1.54, 1.807) is 18.3 Å². The maximum absolute atomic E-state index is 11.8. The van der Waals surface area contributed by atoms with Gasteiger partial charge in [0.2, 0.25) is 11.8 Å². The first-order chi connectivity index (χ1) is 9.06. The molecule has 1 aliphatic carbocycles. The SMILES string of the molecule is Cc1nc(CNC(=O)C(C)NC(=O)C2CCC2)cs1. The highest BCUT2D eigenvalue weighted by atomic mass is 32.1. The molecule has 1 aromatic heterocycles. The number of hydrogen-bond acceptors (Lipinski definition) is 4. The van der Waals surface area contributed by atoms with Gasteiger partial charge in [0.25, 0.3) is 0 Å². The molecule has 2 rings (SSSR count). The van der Waals surface area contributed by atoms with E-state index in [1.165, 1.54) is 0 Å². The number of nitrogens with zero attached hydrogens (tertiary/aromatic N) is 1. The van der Waals surface area contributed by atoms with Gasteiger partial charge >= 0.3 is 0 Å². The third kappa shape index (κ3) is 3.76. The van der Waals surface area contributed by atoms with Gasteiger partial charge in [-0.3, -0.25) is 9.59 Å². The Morgan fingerprint density at radius 1 is 1.53 bits per heavy atom. The molecule has 1 atom stereocenters. The number of carbonyl (C=O) groups excluding carboxylic acids is 2. The monoisotopic (exact) mass is 281 g/mol. The van der Waals surface area contributed by atoms with Gasteiger partial charge in [-0.05, 0) is 26.7 Å². The Labute approximate surface area is 116 Å². The molecule has 1 aliphatic rings. The van der Waals surface area contributed by atoms with Crippen molar-refractivity contribution in [1.82, 2.24) is 15.6 Å². The largest absolute Gasteiger partial charge is 0.349 e. The van der Waals surface area contributed by atoms with Crippen LogP contribution in [-0.2, 0) is 16.1 Å². The molecule has 0 aromatic carbocycles. The average molecular weight is 281 g/mol. The molecule has 0 radical (unpaired) electrons. The van der Waals surface area contributed by atoms with Crippen LogP contribution in [-0.4, -0.2) is 22.8 Å². The van der Waals surface area contributed by atoms with Crippen LogP contribution in [0.25, 0.3) is 0 Å². The fraction of sp³-hybridized carbons (Fsp3) is 0.615. The maximum Gasteiger partial charge on any atom is 0.242 e. The van der Waals surface area contributed by atoms with Crippen molar-refractivity contribution in [3.8, 4) is 0 Å². The highest BCUT2D eigenvalue weighted by Gasteiger charge is 2.27. The predicted molar refractivity (Wildman–Crippen MR) is 73.6 cm³/mol. The Balaban J connectivity index is 1.74. The molecule has 0 bridgehead atoms. The summed E-state index contributed by atoms with van der Waals surface area (Å²) in [5, 5.41) is 8.44. The number of thiazole rings is 1. The molecule has 19 heavy (non-hydrogen) atoms. The average Bonchev–Trinajstić information content (AvgIpc) is 2.69. The van der Waals surface area contributed by atoms with Crippen molar-refractivity contribution in [2.75, 3.05) is 0 Å². The first-order valence-corrected chi connectivity index (χ1v) is 7.43. The Morgan fingerprint density at radius 3 is 2.79 bits per heavy atom. The zero-order chi connectivity index (χ0) is 13.8. The summed E-state index contributed by atoms with van der Waals surface area (Å²) >= 11 is 1.56. The van der Waals surface area contributed by atoms with Crippen molar-refractivity contribution in [3.63, 3.8) is 0 Å².